The van der Waals surface area contributed by atoms with E-state index in [1.54, 1.807) is 4.90 Å². The summed E-state index contributed by atoms with van der Waals surface area (Å²) in [6.07, 6.45) is 2.52. The number of hydrazine groups is 1. The van der Waals surface area contributed by atoms with Crippen molar-refractivity contribution in [2.75, 3.05) is 13.1 Å². The summed E-state index contributed by atoms with van der Waals surface area (Å²) in [5, 5.41) is 0. The molecule has 27 heavy (non-hydrogen) atoms. The van der Waals surface area contributed by atoms with Crippen LogP contribution >= 0.6 is 0 Å². The van der Waals surface area contributed by atoms with Gasteiger partial charge in [0.2, 0.25) is 12.3 Å². The molecule has 1 aliphatic rings. The van der Waals surface area contributed by atoms with Crippen molar-refractivity contribution in [1.82, 2.24) is 15.8 Å². The minimum absolute atomic E-state index is 0.214. The van der Waals surface area contributed by atoms with E-state index in [0.717, 1.165) is 12.0 Å². The van der Waals surface area contributed by atoms with Gasteiger partial charge in [-0.05, 0) is 52.0 Å². The highest BCUT2D eigenvalue weighted by Gasteiger charge is 2.42. The van der Waals surface area contributed by atoms with Crippen molar-refractivity contribution in [3.05, 3.63) is 35.9 Å². The van der Waals surface area contributed by atoms with Crippen LogP contribution in [0, 0.1) is 5.41 Å². The zero-order valence-corrected chi connectivity index (χ0v) is 16.3. The quantitative estimate of drug-likeness (QED) is 0.590. The van der Waals surface area contributed by atoms with Gasteiger partial charge in [0.25, 0.3) is 0 Å². The Labute approximate surface area is 160 Å². The van der Waals surface area contributed by atoms with Crippen LogP contribution in [0.4, 0.5) is 4.79 Å². The van der Waals surface area contributed by atoms with Gasteiger partial charge in [0.1, 0.15) is 5.60 Å². The zero-order chi connectivity index (χ0) is 19.9. The average molecular weight is 375 g/mol. The van der Waals surface area contributed by atoms with Gasteiger partial charge in [-0.1, -0.05) is 30.3 Å². The number of amides is 3. The summed E-state index contributed by atoms with van der Waals surface area (Å²) in [6, 6.07) is 9.97. The van der Waals surface area contributed by atoms with Crippen LogP contribution in [-0.4, -0.2) is 42.0 Å². The van der Waals surface area contributed by atoms with Gasteiger partial charge in [-0.15, -0.1) is 0 Å². The number of hydrogen-bond donors (Lipinski definition) is 2. The Morgan fingerprint density at radius 2 is 1.81 bits per heavy atom. The van der Waals surface area contributed by atoms with Crippen molar-refractivity contribution >= 4 is 18.4 Å². The van der Waals surface area contributed by atoms with E-state index in [2.05, 4.69) is 10.9 Å². The second kappa shape index (κ2) is 8.88. The second-order valence-electron chi connectivity index (χ2n) is 7.95. The average Bonchev–Trinajstić information content (AvgIpc) is 2.64. The molecule has 1 aliphatic heterocycles. The minimum atomic E-state index is -0.635. The molecule has 0 radical (unpaired) electrons. The Hall–Kier alpha value is -2.57. The smallest absolute Gasteiger partial charge is 0.410 e. The third-order valence-electron chi connectivity index (χ3n) is 4.83. The van der Waals surface area contributed by atoms with E-state index in [1.165, 1.54) is 0 Å². The number of rotatable bonds is 6. The van der Waals surface area contributed by atoms with Crippen molar-refractivity contribution in [3.8, 4) is 0 Å². The van der Waals surface area contributed by atoms with E-state index in [0.29, 0.717) is 38.8 Å². The topological polar surface area (TPSA) is 87.7 Å². The molecule has 1 saturated heterocycles. The summed E-state index contributed by atoms with van der Waals surface area (Å²) >= 11 is 0. The van der Waals surface area contributed by atoms with Crippen LogP contribution in [0.5, 0.6) is 0 Å². The first-order valence-corrected chi connectivity index (χ1v) is 9.27. The molecule has 0 bridgehead atoms. The molecular formula is C20H29N3O4. The summed E-state index contributed by atoms with van der Waals surface area (Å²) in [7, 11) is 0. The van der Waals surface area contributed by atoms with E-state index in [1.807, 2.05) is 51.1 Å². The van der Waals surface area contributed by atoms with E-state index < -0.39 is 11.0 Å². The Bertz CT molecular complexity index is 647. The molecule has 7 nitrogen and oxygen atoms in total. The highest BCUT2D eigenvalue weighted by molar-refractivity contribution is 5.83. The molecule has 0 spiro atoms. The third kappa shape index (κ3) is 5.98. The molecule has 0 aliphatic carbocycles. The molecule has 3 amide bonds. The molecule has 1 fully saturated rings. The molecule has 0 saturated carbocycles. The molecular weight excluding hydrogens is 346 g/mol. The van der Waals surface area contributed by atoms with Gasteiger partial charge >= 0.3 is 6.09 Å². The normalized spacial score (nSPS) is 16.3. The Kier molecular flexibility index (Phi) is 6.82. The predicted octanol–water partition coefficient (Wildman–Crippen LogP) is 2.41. The molecule has 2 N–H and O–H groups in total. The number of benzene rings is 1. The lowest BCUT2D eigenvalue weighted by molar-refractivity contribution is -0.136. The molecule has 1 aromatic carbocycles. The first kappa shape index (κ1) is 20.7. The van der Waals surface area contributed by atoms with E-state index in [-0.39, 0.29) is 12.0 Å². The van der Waals surface area contributed by atoms with Crippen LogP contribution in [0.2, 0.25) is 0 Å². The first-order valence-electron chi connectivity index (χ1n) is 9.27. The van der Waals surface area contributed by atoms with Crippen LogP contribution < -0.4 is 10.9 Å². The van der Waals surface area contributed by atoms with Gasteiger partial charge in [-0.2, -0.15) is 0 Å². The minimum Gasteiger partial charge on any atom is -0.444 e. The Morgan fingerprint density at radius 1 is 1.19 bits per heavy atom. The molecule has 1 aromatic rings. The number of ether oxygens (including phenoxy) is 1. The van der Waals surface area contributed by atoms with Gasteiger partial charge < -0.3 is 9.64 Å². The fourth-order valence-electron chi connectivity index (χ4n) is 3.29. The van der Waals surface area contributed by atoms with Crippen LogP contribution in [-0.2, 0) is 20.7 Å². The van der Waals surface area contributed by atoms with Crippen LogP contribution in [0.1, 0.15) is 45.6 Å². The molecule has 7 heteroatoms. The van der Waals surface area contributed by atoms with E-state index >= 15 is 0 Å². The van der Waals surface area contributed by atoms with Gasteiger partial charge in [0.05, 0.1) is 5.41 Å². The van der Waals surface area contributed by atoms with Crippen molar-refractivity contribution in [3.63, 3.8) is 0 Å². The summed E-state index contributed by atoms with van der Waals surface area (Å²) in [6.45, 7) is 6.38. The Balaban J connectivity index is 2.05. The third-order valence-corrected chi connectivity index (χ3v) is 4.83. The predicted molar refractivity (Wildman–Crippen MR) is 102 cm³/mol. The van der Waals surface area contributed by atoms with Crippen molar-refractivity contribution in [2.24, 2.45) is 5.41 Å². The number of aryl methyl sites for hydroxylation is 1. The summed E-state index contributed by atoms with van der Waals surface area (Å²) in [4.78, 5) is 37.2. The number of piperidine rings is 1. The second-order valence-corrected chi connectivity index (χ2v) is 7.95. The highest BCUT2D eigenvalue weighted by Crippen LogP contribution is 2.37. The molecule has 2 rings (SSSR count). The summed E-state index contributed by atoms with van der Waals surface area (Å²) in [5.41, 5.74) is 4.69. The number of nitrogens with one attached hydrogen (secondary N) is 2. The Morgan fingerprint density at radius 3 is 2.37 bits per heavy atom. The van der Waals surface area contributed by atoms with Crippen molar-refractivity contribution in [1.29, 1.82) is 0 Å². The van der Waals surface area contributed by atoms with Gasteiger partial charge in [-0.3, -0.25) is 20.4 Å². The highest BCUT2D eigenvalue weighted by atomic mass is 16.6. The largest absolute Gasteiger partial charge is 0.444 e. The maximum atomic E-state index is 12.7. The van der Waals surface area contributed by atoms with Crippen molar-refractivity contribution in [2.45, 2.75) is 52.1 Å². The van der Waals surface area contributed by atoms with Crippen LogP contribution in [0.15, 0.2) is 30.3 Å². The number of nitrogens with zero attached hydrogens (tertiary/aromatic N) is 1. The zero-order valence-electron chi connectivity index (χ0n) is 16.3. The molecule has 148 valence electrons. The number of likely N-dealkylation sites (tertiary alicyclic amines) is 1. The SMILES string of the molecule is CC(C)(C)OC(=O)N1CCC(CCc2ccccc2)(C(=O)NNC=O)CC1. The van der Waals surface area contributed by atoms with E-state index in [9.17, 15) is 14.4 Å². The lowest BCUT2D eigenvalue weighted by atomic mass is 9.73. The fourth-order valence-corrected chi connectivity index (χ4v) is 3.29. The van der Waals surface area contributed by atoms with Gasteiger partial charge in [0, 0.05) is 13.1 Å². The summed E-state index contributed by atoms with van der Waals surface area (Å²) < 4.78 is 5.43. The van der Waals surface area contributed by atoms with Crippen molar-refractivity contribution < 1.29 is 19.1 Å². The molecule has 0 atom stereocenters. The lowest BCUT2D eigenvalue weighted by Gasteiger charge is -2.40. The first-order chi connectivity index (χ1) is 12.8. The van der Waals surface area contributed by atoms with Crippen LogP contribution in [0.3, 0.4) is 0 Å². The van der Waals surface area contributed by atoms with Gasteiger partial charge in [-0.25, -0.2) is 4.79 Å². The summed E-state index contributed by atoms with van der Waals surface area (Å²) in [5.74, 6) is -0.214. The number of carbonyl (C=O) groups excluding carboxylic acids is 3. The number of hydrogen-bond acceptors (Lipinski definition) is 4. The molecule has 0 unspecified atom stereocenters. The molecule has 1 heterocycles. The maximum Gasteiger partial charge on any atom is 0.410 e. The standard InChI is InChI=1S/C20H29N3O4/c1-19(2,3)27-18(26)23-13-11-20(12-14-23,17(25)22-21-15-24)10-9-16-7-5-4-6-8-16/h4-8,15H,9-14H2,1-3H3,(H,21,24)(H,22,25). The van der Waals surface area contributed by atoms with Gasteiger partial charge in [0.15, 0.2) is 0 Å². The van der Waals surface area contributed by atoms with Crippen LogP contribution in [0.25, 0.3) is 0 Å². The monoisotopic (exact) mass is 375 g/mol. The maximum absolute atomic E-state index is 12.7. The number of carbonyl (C=O) groups is 3. The fraction of sp³-hybridized carbons (Fsp3) is 0.550. The molecule has 0 aromatic heterocycles. The lowest BCUT2D eigenvalue weighted by Crippen LogP contribution is -2.53. The van der Waals surface area contributed by atoms with E-state index in [4.69, 9.17) is 4.74 Å².